The van der Waals surface area contributed by atoms with Crippen LogP contribution in [-0.2, 0) is 0 Å². The van der Waals surface area contributed by atoms with Gasteiger partial charge in [-0.25, -0.2) is 4.68 Å². The van der Waals surface area contributed by atoms with Gasteiger partial charge in [0.05, 0.1) is 11.7 Å². The smallest absolute Gasteiger partial charge is 0.275 e. The van der Waals surface area contributed by atoms with Crippen LogP contribution in [0.1, 0.15) is 58.2 Å². The van der Waals surface area contributed by atoms with E-state index in [1.807, 2.05) is 38.1 Å². The highest BCUT2D eigenvalue weighted by atomic mass is 32.1. The molecule has 0 spiro atoms. The predicted molar refractivity (Wildman–Crippen MR) is 129 cm³/mol. The number of nitrogens with zero attached hydrogens (tertiary/aromatic N) is 3. The fourth-order valence-corrected chi connectivity index (χ4v) is 5.01. The van der Waals surface area contributed by atoms with Gasteiger partial charge in [-0.15, -0.1) is 11.3 Å². The quantitative estimate of drug-likeness (QED) is 0.609. The Bertz CT molecular complexity index is 1120. The second kappa shape index (κ2) is 10.2. The minimum atomic E-state index is -0.426. The van der Waals surface area contributed by atoms with Crippen molar-refractivity contribution in [3.63, 3.8) is 0 Å². The fourth-order valence-electron chi connectivity index (χ4n) is 4.15. The van der Waals surface area contributed by atoms with Gasteiger partial charge in [0.25, 0.3) is 5.91 Å². The molecule has 1 aliphatic heterocycles. The van der Waals surface area contributed by atoms with Crippen LogP contribution >= 0.6 is 11.3 Å². The molecule has 1 amide bonds. The molecule has 2 aromatic heterocycles. The number of carbonyl (C=O) groups is 1. The van der Waals surface area contributed by atoms with Gasteiger partial charge in [-0.2, -0.15) is 5.10 Å². The first-order valence-electron chi connectivity index (χ1n) is 11.3. The van der Waals surface area contributed by atoms with Crippen molar-refractivity contribution in [2.45, 2.75) is 45.6 Å². The summed E-state index contributed by atoms with van der Waals surface area (Å²) in [5.74, 6) is -0.426. The number of benzene rings is 1. The molecular formula is C25H30N4O2S. The van der Waals surface area contributed by atoms with Crippen LogP contribution in [0, 0.1) is 13.8 Å². The molecule has 0 unspecified atom stereocenters. The molecule has 1 saturated heterocycles. The van der Waals surface area contributed by atoms with Gasteiger partial charge < -0.3 is 5.32 Å². The van der Waals surface area contributed by atoms with E-state index in [-0.39, 0.29) is 17.2 Å². The van der Waals surface area contributed by atoms with Gasteiger partial charge in [0.15, 0.2) is 5.69 Å². The minimum absolute atomic E-state index is 0.0773. The Labute approximate surface area is 192 Å². The number of thiophene rings is 1. The standard InChI is InChI=1S/C25H30N4O2S/c1-18-9-10-20(16-19(18)2)29-14-11-22(30)24(27-29)25(31)26-17-21(23-8-7-15-32-23)28-12-5-3-4-6-13-28/h7-11,14-16,21H,3-6,12-13,17H2,1-2H3,(H,26,31)/t21-/m0/s1. The van der Waals surface area contributed by atoms with E-state index in [9.17, 15) is 9.59 Å². The number of rotatable bonds is 6. The number of aromatic nitrogens is 2. The second-order valence-corrected chi connectivity index (χ2v) is 9.41. The van der Waals surface area contributed by atoms with Crippen LogP contribution in [0.15, 0.2) is 52.8 Å². The zero-order valence-electron chi connectivity index (χ0n) is 18.7. The summed E-state index contributed by atoms with van der Waals surface area (Å²) in [5.41, 5.74) is 2.69. The zero-order chi connectivity index (χ0) is 22.5. The number of nitrogens with one attached hydrogen (secondary N) is 1. The molecule has 168 valence electrons. The minimum Gasteiger partial charge on any atom is -0.349 e. The van der Waals surface area contributed by atoms with Crippen LogP contribution < -0.4 is 10.7 Å². The Hall–Kier alpha value is -2.77. The van der Waals surface area contributed by atoms with Crippen molar-refractivity contribution in [2.24, 2.45) is 0 Å². The molecular weight excluding hydrogens is 420 g/mol. The number of hydrogen-bond acceptors (Lipinski definition) is 5. The summed E-state index contributed by atoms with van der Waals surface area (Å²) in [6.45, 7) is 6.59. The van der Waals surface area contributed by atoms with Crippen molar-refractivity contribution in [3.8, 4) is 5.69 Å². The van der Waals surface area contributed by atoms with E-state index >= 15 is 0 Å². The summed E-state index contributed by atoms with van der Waals surface area (Å²) >= 11 is 1.71. The molecule has 6 nitrogen and oxygen atoms in total. The Morgan fingerprint density at radius 3 is 2.56 bits per heavy atom. The van der Waals surface area contributed by atoms with Gasteiger partial charge in [0, 0.05) is 23.7 Å². The maximum Gasteiger partial charge on any atom is 0.275 e. The molecule has 0 radical (unpaired) electrons. The third-order valence-corrected chi connectivity index (χ3v) is 7.16. The van der Waals surface area contributed by atoms with Gasteiger partial charge in [-0.05, 0) is 74.5 Å². The van der Waals surface area contributed by atoms with E-state index in [2.05, 4.69) is 26.8 Å². The molecule has 0 saturated carbocycles. The van der Waals surface area contributed by atoms with Crippen molar-refractivity contribution in [1.82, 2.24) is 20.0 Å². The van der Waals surface area contributed by atoms with Crippen molar-refractivity contribution in [2.75, 3.05) is 19.6 Å². The van der Waals surface area contributed by atoms with Crippen LogP contribution in [0.4, 0.5) is 0 Å². The average Bonchev–Trinajstić information content (AvgIpc) is 3.19. The molecule has 7 heteroatoms. The SMILES string of the molecule is Cc1ccc(-n2ccc(=O)c(C(=O)NC[C@@H](c3cccs3)N3CCCCCC3)n2)cc1C. The summed E-state index contributed by atoms with van der Waals surface area (Å²) < 4.78 is 1.59. The van der Waals surface area contributed by atoms with Crippen molar-refractivity contribution >= 4 is 17.2 Å². The van der Waals surface area contributed by atoms with Crippen LogP contribution in [-0.4, -0.2) is 40.2 Å². The van der Waals surface area contributed by atoms with Gasteiger partial charge >= 0.3 is 0 Å². The highest BCUT2D eigenvalue weighted by molar-refractivity contribution is 7.10. The largest absolute Gasteiger partial charge is 0.349 e. The molecule has 0 bridgehead atoms. The maximum absolute atomic E-state index is 13.0. The Kier molecular flexibility index (Phi) is 7.17. The molecule has 32 heavy (non-hydrogen) atoms. The molecule has 1 N–H and O–H groups in total. The third kappa shape index (κ3) is 5.16. The van der Waals surface area contributed by atoms with E-state index in [1.54, 1.807) is 22.2 Å². The van der Waals surface area contributed by atoms with Crippen molar-refractivity contribution in [1.29, 1.82) is 0 Å². The maximum atomic E-state index is 13.0. The number of carbonyl (C=O) groups excluding carboxylic acids is 1. The van der Waals surface area contributed by atoms with Gasteiger partial charge in [0.1, 0.15) is 0 Å². The molecule has 1 atom stereocenters. The first kappa shape index (κ1) is 22.4. The van der Waals surface area contributed by atoms with Gasteiger partial charge in [-0.1, -0.05) is 25.0 Å². The lowest BCUT2D eigenvalue weighted by Gasteiger charge is -2.30. The number of aryl methyl sites for hydroxylation is 2. The predicted octanol–water partition coefficient (Wildman–Crippen LogP) is 4.26. The summed E-state index contributed by atoms with van der Waals surface area (Å²) in [5, 5.41) is 9.43. The second-order valence-electron chi connectivity index (χ2n) is 8.43. The number of amides is 1. The molecule has 1 aromatic carbocycles. The molecule has 1 fully saturated rings. The highest BCUT2D eigenvalue weighted by Crippen LogP contribution is 2.27. The van der Waals surface area contributed by atoms with Crippen LogP contribution in [0.5, 0.6) is 0 Å². The molecule has 0 aliphatic carbocycles. The third-order valence-electron chi connectivity index (χ3n) is 6.19. The van der Waals surface area contributed by atoms with Crippen LogP contribution in [0.2, 0.25) is 0 Å². The van der Waals surface area contributed by atoms with E-state index in [4.69, 9.17) is 0 Å². The van der Waals surface area contributed by atoms with Crippen LogP contribution in [0.3, 0.4) is 0 Å². The monoisotopic (exact) mass is 450 g/mol. The Morgan fingerprint density at radius 1 is 1.09 bits per heavy atom. The normalized spacial score (nSPS) is 15.8. The number of hydrogen-bond donors (Lipinski definition) is 1. The first-order chi connectivity index (χ1) is 15.5. The summed E-state index contributed by atoms with van der Waals surface area (Å²) in [4.78, 5) is 29.1. The highest BCUT2D eigenvalue weighted by Gasteiger charge is 2.24. The van der Waals surface area contributed by atoms with E-state index < -0.39 is 5.91 Å². The summed E-state index contributed by atoms with van der Waals surface area (Å²) in [7, 11) is 0. The van der Waals surface area contributed by atoms with E-state index in [0.717, 1.165) is 24.3 Å². The molecule has 1 aliphatic rings. The van der Waals surface area contributed by atoms with Gasteiger partial charge in [0.2, 0.25) is 5.43 Å². The van der Waals surface area contributed by atoms with Crippen LogP contribution in [0.25, 0.3) is 5.69 Å². The lowest BCUT2D eigenvalue weighted by Crippen LogP contribution is -2.40. The number of likely N-dealkylation sites (tertiary alicyclic amines) is 1. The lowest BCUT2D eigenvalue weighted by molar-refractivity contribution is 0.0926. The molecule has 3 aromatic rings. The average molecular weight is 451 g/mol. The van der Waals surface area contributed by atoms with Crippen molar-refractivity contribution in [3.05, 3.63) is 79.9 Å². The van der Waals surface area contributed by atoms with Gasteiger partial charge in [-0.3, -0.25) is 14.5 Å². The Balaban J connectivity index is 1.53. The molecule has 3 heterocycles. The lowest BCUT2D eigenvalue weighted by atomic mass is 10.1. The first-order valence-corrected chi connectivity index (χ1v) is 12.1. The Morgan fingerprint density at radius 2 is 1.88 bits per heavy atom. The fraction of sp³-hybridized carbons (Fsp3) is 0.400. The van der Waals surface area contributed by atoms with Crippen molar-refractivity contribution < 1.29 is 4.79 Å². The summed E-state index contributed by atoms with van der Waals surface area (Å²) in [6, 6.07) is 11.6. The van der Waals surface area contributed by atoms with E-state index in [1.165, 1.54) is 42.2 Å². The molecule has 4 rings (SSSR count). The zero-order valence-corrected chi connectivity index (χ0v) is 19.5. The topological polar surface area (TPSA) is 67.2 Å². The van der Waals surface area contributed by atoms with E-state index in [0.29, 0.717) is 6.54 Å². The summed E-state index contributed by atoms with van der Waals surface area (Å²) in [6.07, 6.45) is 6.47.